The highest BCUT2D eigenvalue weighted by atomic mass is 79.9. The average molecular weight is 776 g/mol. The van der Waals surface area contributed by atoms with Crippen molar-refractivity contribution in [1.82, 2.24) is 39.9 Å². The van der Waals surface area contributed by atoms with Crippen molar-refractivity contribution in [2.24, 2.45) is 0 Å². The number of rotatable bonds is 4. The molecular formula is C40H24Br2N8. The van der Waals surface area contributed by atoms with Crippen LogP contribution in [0.3, 0.4) is 0 Å². The molecule has 2 N–H and O–H groups in total. The summed E-state index contributed by atoms with van der Waals surface area (Å²) in [4.78, 5) is 35.7. The third-order valence-corrected chi connectivity index (χ3v) is 9.55. The Morgan fingerprint density at radius 1 is 0.380 bits per heavy atom. The van der Waals surface area contributed by atoms with E-state index in [-0.39, 0.29) is 0 Å². The molecule has 8 bridgehead atoms. The van der Waals surface area contributed by atoms with Crippen LogP contribution in [0.5, 0.6) is 0 Å². The number of H-pyrrole nitrogens is 2. The minimum Gasteiger partial charge on any atom is -0.354 e. The van der Waals surface area contributed by atoms with Crippen LogP contribution in [0.1, 0.15) is 22.8 Å². The summed E-state index contributed by atoms with van der Waals surface area (Å²) in [6.07, 6.45) is 22.8. The van der Waals surface area contributed by atoms with Crippen molar-refractivity contribution in [1.29, 1.82) is 0 Å². The van der Waals surface area contributed by atoms with Crippen molar-refractivity contribution < 1.29 is 0 Å². The van der Waals surface area contributed by atoms with E-state index in [9.17, 15) is 0 Å². The SMILES string of the molecule is Brc1cncc(-c2c3nc(c(-c4ccncc4)c4ccc([nH]4)c(-c4cncc(Br)c4)c4nc(c(-c5ccncc5)c5ccc2[nH]5)C=C4)C=C3)c1. The van der Waals surface area contributed by atoms with Crippen LogP contribution in [-0.2, 0) is 0 Å². The van der Waals surface area contributed by atoms with Gasteiger partial charge in [0.1, 0.15) is 0 Å². The van der Waals surface area contributed by atoms with Gasteiger partial charge < -0.3 is 9.97 Å². The lowest BCUT2D eigenvalue weighted by Gasteiger charge is -2.07. The molecule has 7 aromatic rings. The molecular weight excluding hydrogens is 752 g/mol. The molecule has 2 aliphatic rings. The van der Waals surface area contributed by atoms with Gasteiger partial charge in [0.25, 0.3) is 0 Å². The highest BCUT2D eigenvalue weighted by Crippen LogP contribution is 2.38. The molecule has 0 aliphatic carbocycles. The molecule has 0 saturated carbocycles. The fraction of sp³-hybridized carbons (Fsp3) is 0. The number of aromatic nitrogens is 8. The van der Waals surface area contributed by atoms with Crippen LogP contribution >= 0.6 is 31.9 Å². The minimum absolute atomic E-state index is 0.811. The molecule has 10 heteroatoms. The van der Waals surface area contributed by atoms with Gasteiger partial charge in [-0.05, 0) is 128 Å². The molecule has 0 spiro atoms. The zero-order valence-corrected chi connectivity index (χ0v) is 29.3. The van der Waals surface area contributed by atoms with E-state index in [2.05, 4.69) is 122 Å². The maximum Gasteiger partial charge on any atom is 0.0737 e. The molecule has 0 aromatic carbocycles. The number of nitrogens with one attached hydrogen (secondary N) is 2. The Bertz CT molecular complexity index is 2490. The lowest BCUT2D eigenvalue weighted by Crippen LogP contribution is -1.90. The molecule has 0 amide bonds. The van der Waals surface area contributed by atoms with Gasteiger partial charge in [0.05, 0.1) is 22.8 Å². The van der Waals surface area contributed by atoms with Gasteiger partial charge in [-0.25, -0.2) is 9.97 Å². The topological polar surface area (TPSA) is 109 Å². The molecule has 9 rings (SSSR count). The Kier molecular flexibility index (Phi) is 7.59. The summed E-state index contributed by atoms with van der Waals surface area (Å²) in [5.74, 6) is 0. The summed E-state index contributed by atoms with van der Waals surface area (Å²) in [6, 6.07) is 20.5. The number of hydrogen-bond donors (Lipinski definition) is 2. The Hall–Kier alpha value is -5.84. The first-order valence-corrected chi connectivity index (χ1v) is 17.4. The minimum atomic E-state index is 0.811. The van der Waals surface area contributed by atoms with E-state index in [1.165, 1.54) is 0 Å². The van der Waals surface area contributed by atoms with E-state index >= 15 is 0 Å². The van der Waals surface area contributed by atoms with Crippen molar-refractivity contribution in [3.05, 3.63) is 142 Å². The summed E-state index contributed by atoms with van der Waals surface area (Å²) in [5, 5.41) is 0. The first-order chi connectivity index (χ1) is 24.6. The summed E-state index contributed by atoms with van der Waals surface area (Å²) < 4.78 is 1.75. The maximum atomic E-state index is 5.30. The van der Waals surface area contributed by atoms with Crippen molar-refractivity contribution in [2.75, 3.05) is 0 Å². The number of halogens is 2. The monoisotopic (exact) mass is 774 g/mol. The fourth-order valence-corrected chi connectivity index (χ4v) is 7.28. The number of fused-ring (bicyclic) bond motifs is 8. The first-order valence-electron chi connectivity index (χ1n) is 15.8. The summed E-state index contributed by atoms with van der Waals surface area (Å²) in [7, 11) is 0. The van der Waals surface area contributed by atoms with Gasteiger partial charge in [0.2, 0.25) is 0 Å². The Balaban J connectivity index is 1.49. The molecule has 0 saturated heterocycles. The highest BCUT2D eigenvalue weighted by Gasteiger charge is 2.19. The smallest absolute Gasteiger partial charge is 0.0737 e. The standard InChI is InChI=1S/C40H24Br2N8/c41-27-17-25(19-45-21-27)39-33-5-1-29(47-33)37(23-9-13-43-14-10-23)30-2-6-35(48-30)40(26-18-28(42)22-46-20-26)36-8-4-32(50-36)38(24-11-15-44-16-12-24)31-3-7-34(39)49-31/h1-22,47,50H. The van der Waals surface area contributed by atoms with E-state index in [0.717, 1.165) is 98.3 Å². The zero-order valence-electron chi connectivity index (χ0n) is 26.1. The average Bonchev–Trinajstić information content (AvgIpc) is 3.97. The van der Waals surface area contributed by atoms with Crippen LogP contribution < -0.4 is 0 Å². The zero-order chi connectivity index (χ0) is 33.6. The Morgan fingerprint density at radius 2 is 0.720 bits per heavy atom. The highest BCUT2D eigenvalue weighted by molar-refractivity contribution is 9.10. The third-order valence-electron chi connectivity index (χ3n) is 8.68. The molecule has 0 radical (unpaired) electrons. The second kappa shape index (κ2) is 12.6. The van der Waals surface area contributed by atoms with E-state index in [4.69, 9.17) is 9.97 Å². The van der Waals surface area contributed by atoms with Crippen LogP contribution in [0.15, 0.2) is 119 Å². The predicted molar refractivity (Wildman–Crippen MR) is 207 cm³/mol. The molecule has 9 heterocycles. The Morgan fingerprint density at radius 3 is 1.06 bits per heavy atom. The number of aromatic amines is 2. The van der Waals surface area contributed by atoms with Gasteiger partial charge >= 0.3 is 0 Å². The molecule has 0 fully saturated rings. The van der Waals surface area contributed by atoms with Gasteiger partial charge in [0.15, 0.2) is 0 Å². The van der Waals surface area contributed by atoms with E-state index < -0.39 is 0 Å². The summed E-state index contributed by atoms with van der Waals surface area (Å²) in [5.41, 5.74) is 14.5. The third kappa shape index (κ3) is 5.48. The fourth-order valence-electron chi connectivity index (χ4n) is 6.55. The molecule has 0 atom stereocenters. The van der Waals surface area contributed by atoms with Gasteiger partial charge in [-0.2, -0.15) is 0 Å². The predicted octanol–water partition coefficient (Wildman–Crippen LogP) is 10.4. The van der Waals surface area contributed by atoms with Crippen molar-refractivity contribution >= 4 is 78.2 Å². The quantitative estimate of drug-likeness (QED) is 0.184. The van der Waals surface area contributed by atoms with Gasteiger partial charge in [-0.3, -0.25) is 19.9 Å². The normalized spacial score (nSPS) is 12.0. The van der Waals surface area contributed by atoms with Crippen molar-refractivity contribution in [2.45, 2.75) is 0 Å². The van der Waals surface area contributed by atoms with Gasteiger partial charge in [-0.15, -0.1) is 0 Å². The molecule has 7 aromatic heterocycles. The lowest BCUT2D eigenvalue weighted by molar-refractivity contribution is 1.28. The summed E-state index contributed by atoms with van der Waals surface area (Å²) in [6.45, 7) is 0. The second-order valence-electron chi connectivity index (χ2n) is 11.8. The van der Waals surface area contributed by atoms with Crippen LogP contribution in [0.4, 0.5) is 0 Å². The van der Waals surface area contributed by atoms with Gasteiger partial charge in [-0.1, -0.05) is 0 Å². The molecule has 8 nitrogen and oxygen atoms in total. The lowest BCUT2D eigenvalue weighted by atomic mass is 10.1. The van der Waals surface area contributed by atoms with Gasteiger partial charge in [0, 0.05) is 114 Å². The van der Waals surface area contributed by atoms with Crippen LogP contribution in [0, 0.1) is 0 Å². The first kappa shape index (κ1) is 30.2. The van der Waals surface area contributed by atoms with E-state index in [1.54, 1.807) is 37.2 Å². The number of pyridine rings is 4. The number of hydrogen-bond acceptors (Lipinski definition) is 6. The van der Waals surface area contributed by atoms with Crippen LogP contribution in [0.25, 0.3) is 90.9 Å². The molecule has 50 heavy (non-hydrogen) atoms. The maximum absolute atomic E-state index is 5.30. The van der Waals surface area contributed by atoms with Crippen molar-refractivity contribution in [3.63, 3.8) is 0 Å². The van der Waals surface area contributed by atoms with E-state index in [0.29, 0.717) is 0 Å². The van der Waals surface area contributed by atoms with Crippen molar-refractivity contribution in [3.8, 4) is 44.5 Å². The van der Waals surface area contributed by atoms with E-state index in [1.807, 2.05) is 36.7 Å². The van der Waals surface area contributed by atoms with Crippen LogP contribution in [-0.4, -0.2) is 39.9 Å². The summed E-state index contributed by atoms with van der Waals surface area (Å²) >= 11 is 7.27. The molecule has 0 unspecified atom stereocenters. The number of nitrogens with zero attached hydrogens (tertiary/aromatic N) is 6. The Labute approximate surface area is 303 Å². The largest absolute Gasteiger partial charge is 0.354 e. The molecule has 2 aliphatic heterocycles. The van der Waals surface area contributed by atoms with Crippen LogP contribution in [0.2, 0.25) is 0 Å². The second-order valence-corrected chi connectivity index (χ2v) is 13.6. The molecule has 238 valence electrons.